The summed E-state index contributed by atoms with van der Waals surface area (Å²) >= 11 is 0. The van der Waals surface area contributed by atoms with E-state index in [9.17, 15) is 5.11 Å². The highest BCUT2D eigenvalue weighted by atomic mass is 16.3. The molecule has 0 spiro atoms. The molecule has 2 fully saturated rings. The molecule has 1 aliphatic heterocycles. The van der Waals surface area contributed by atoms with Crippen molar-refractivity contribution in [1.29, 1.82) is 0 Å². The fraction of sp³-hybridized carbons (Fsp3) is 1.00. The normalized spacial score (nSPS) is 41.7. The average Bonchev–Trinajstić information content (AvgIpc) is 2.69. The first-order chi connectivity index (χ1) is 8.72. The predicted molar refractivity (Wildman–Crippen MR) is 80.0 cm³/mol. The van der Waals surface area contributed by atoms with Crippen LogP contribution in [0.4, 0.5) is 0 Å². The molecule has 1 unspecified atom stereocenters. The number of β-amino-alcohol motifs (C(OH)–C–C–N with tert-alkyl or cyclic N) is 1. The maximum Gasteiger partial charge on any atom is 0.0853 e. The molecule has 2 rings (SSSR count). The standard InChI is InChI=1S/C16H32N2O/c1-14(2,3)13-5-7-15(11-17,8-6-13)16(19)9-10-18(4)12-16/h13,19H,5-12,17H2,1-4H3. The molecule has 112 valence electrons. The minimum absolute atomic E-state index is 0.0422. The number of nitrogens with zero attached hydrogens (tertiary/aromatic N) is 1. The summed E-state index contributed by atoms with van der Waals surface area (Å²) in [6, 6.07) is 0. The van der Waals surface area contributed by atoms with E-state index in [-0.39, 0.29) is 5.41 Å². The van der Waals surface area contributed by atoms with E-state index in [1.165, 1.54) is 12.8 Å². The van der Waals surface area contributed by atoms with E-state index in [1.54, 1.807) is 0 Å². The van der Waals surface area contributed by atoms with Crippen LogP contribution in [0.25, 0.3) is 0 Å². The number of likely N-dealkylation sites (tertiary alicyclic amines) is 1. The van der Waals surface area contributed by atoms with Crippen LogP contribution in [0.15, 0.2) is 0 Å². The van der Waals surface area contributed by atoms with Crippen molar-refractivity contribution >= 4 is 0 Å². The lowest BCUT2D eigenvalue weighted by atomic mass is 9.58. The van der Waals surface area contributed by atoms with Gasteiger partial charge in [0, 0.05) is 25.0 Å². The highest BCUT2D eigenvalue weighted by Gasteiger charge is 2.53. The summed E-state index contributed by atoms with van der Waals surface area (Å²) in [5, 5.41) is 11.1. The molecular weight excluding hydrogens is 236 g/mol. The molecule has 1 saturated heterocycles. The summed E-state index contributed by atoms with van der Waals surface area (Å²) in [4.78, 5) is 2.24. The third-order valence-electron chi connectivity index (χ3n) is 5.98. The van der Waals surface area contributed by atoms with Crippen molar-refractivity contribution < 1.29 is 5.11 Å². The Morgan fingerprint density at radius 2 is 1.79 bits per heavy atom. The van der Waals surface area contributed by atoms with Crippen molar-refractivity contribution in [2.75, 3.05) is 26.7 Å². The molecule has 0 aromatic carbocycles. The van der Waals surface area contributed by atoms with E-state index >= 15 is 0 Å². The number of hydrogen-bond donors (Lipinski definition) is 2. The van der Waals surface area contributed by atoms with Gasteiger partial charge in [-0.3, -0.25) is 0 Å². The van der Waals surface area contributed by atoms with Gasteiger partial charge in [-0.1, -0.05) is 20.8 Å². The van der Waals surface area contributed by atoms with Crippen molar-refractivity contribution in [3.8, 4) is 0 Å². The van der Waals surface area contributed by atoms with Gasteiger partial charge in [-0.05, 0) is 50.5 Å². The van der Waals surface area contributed by atoms with Gasteiger partial charge in [-0.25, -0.2) is 0 Å². The molecule has 19 heavy (non-hydrogen) atoms. The topological polar surface area (TPSA) is 49.5 Å². The van der Waals surface area contributed by atoms with Gasteiger partial charge in [0.2, 0.25) is 0 Å². The first-order valence-corrected chi connectivity index (χ1v) is 7.83. The Bertz CT molecular complexity index is 315. The molecule has 3 N–H and O–H groups in total. The molecular formula is C16H32N2O. The zero-order valence-corrected chi connectivity index (χ0v) is 13.2. The fourth-order valence-electron chi connectivity index (χ4n) is 4.31. The molecule has 0 aromatic rings. The second kappa shape index (κ2) is 5.01. The minimum atomic E-state index is -0.556. The van der Waals surface area contributed by atoms with Crippen molar-refractivity contribution in [3.05, 3.63) is 0 Å². The summed E-state index contributed by atoms with van der Waals surface area (Å²) in [5.41, 5.74) is 5.91. The monoisotopic (exact) mass is 268 g/mol. The van der Waals surface area contributed by atoms with Crippen LogP contribution in [0.1, 0.15) is 52.9 Å². The maximum atomic E-state index is 11.1. The van der Waals surface area contributed by atoms with Gasteiger partial charge in [-0.15, -0.1) is 0 Å². The van der Waals surface area contributed by atoms with Crippen LogP contribution in [0.5, 0.6) is 0 Å². The van der Waals surface area contributed by atoms with Crippen LogP contribution in [-0.4, -0.2) is 42.3 Å². The molecule has 0 amide bonds. The van der Waals surface area contributed by atoms with E-state index in [2.05, 4.69) is 32.7 Å². The smallest absolute Gasteiger partial charge is 0.0853 e. The Morgan fingerprint density at radius 3 is 2.16 bits per heavy atom. The van der Waals surface area contributed by atoms with Gasteiger partial charge in [0.1, 0.15) is 0 Å². The van der Waals surface area contributed by atoms with Crippen LogP contribution < -0.4 is 5.73 Å². The van der Waals surface area contributed by atoms with Gasteiger partial charge in [0.15, 0.2) is 0 Å². The predicted octanol–water partition coefficient (Wildman–Crippen LogP) is 2.23. The molecule has 1 aliphatic carbocycles. The van der Waals surface area contributed by atoms with E-state index in [1.807, 2.05) is 0 Å². The van der Waals surface area contributed by atoms with E-state index < -0.39 is 5.60 Å². The van der Waals surface area contributed by atoms with Gasteiger partial charge < -0.3 is 15.7 Å². The summed E-state index contributed by atoms with van der Waals surface area (Å²) in [6.07, 6.45) is 5.51. The SMILES string of the molecule is CN1CCC(O)(C2(CN)CCC(C(C)(C)C)CC2)C1. The number of nitrogens with two attached hydrogens (primary N) is 1. The number of aliphatic hydroxyl groups is 1. The number of likely N-dealkylation sites (N-methyl/N-ethyl adjacent to an activating group) is 1. The first-order valence-electron chi connectivity index (χ1n) is 7.83. The largest absolute Gasteiger partial charge is 0.388 e. The first kappa shape index (κ1) is 15.3. The Kier molecular flexibility index (Phi) is 4.03. The quantitative estimate of drug-likeness (QED) is 0.807. The number of hydrogen-bond acceptors (Lipinski definition) is 3. The summed E-state index contributed by atoms with van der Waals surface area (Å²) in [5.74, 6) is 0.773. The average molecular weight is 268 g/mol. The molecule has 1 saturated carbocycles. The van der Waals surface area contributed by atoms with Gasteiger partial charge in [0.05, 0.1) is 5.60 Å². The van der Waals surface area contributed by atoms with E-state index in [0.717, 1.165) is 38.3 Å². The van der Waals surface area contributed by atoms with Crippen LogP contribution in [0, 0.1) is 16.7 Å². The molecule has 0 aromatic heterocycles. The minimum Gasteiger partial charge on any atom is -0.388 e. The molecule has 3 heteroatoms. The van der Waals surface area contributed by atoms with Crippen molar-refractivity contribution in [1.82, 2.24) is 4.90 Å². The van der Waals surface area contributed by atoms with Crippen LogP contribution >= 0.6 is 0 Å². The lowest BCUT2D eigenvalue weighted by Gasteiger charge is -2.50. The molecule has 2 aliphatic rings. The maximum absolute atomic E-state index is 11.1. The van der Waals surface area contributed by atoms with E-state index in [4.69, 9.17) is 5.73 Å². The zero-order valence-electron chi connectivity index (χ0n) is 13.2. The van der Waals surface area contributed by atoms with Gasteiger partial charge in [0.25, 0.3) is 0 Å². The third-order valence-corrected chi connectivity index (χ3v) is 5.98. The van der Waals surface area contributed by atoms with Crippen LogP contribution in [-0.2, 0) is 0 Å². The Morgan fingerprint density at radius 1 is 1.21 bits per heavy atom. The molecule has 1 atom stereocenters. The molecule has 1 heterocycles. The van der Waals surface area contributed by atoms with Crippen molar-refractivity contribution in [3.63, 3.8) is 0 Å². The summed E-state index contributed by atoms with van der Waals surface area (Å²) in [7, 11) is 2.10. The van der Waals surface area contributed by atoms with Crippen LogP contribution in [0.3, 0.4) is 0 Å². The Balaban J connectivity index is 2.10. The van der Waals surface area contributed by atoms with Gasteiger partial charge >= 0.3 is 0 Å². The zero-order chi connectivity index (χ0) is 14.3. The highest BCUT2D eigenvalue weighted by Crippen LogP contribution is 2.52. The molecule has 3 nitrogen and oxygen atoms in total. The fourth-order valence-corrected chi connectivity index (χ4v) is 4.31. The lowest BCUT2D eigenvalue weighted by molar-refractivity contribution is -0.101. The van der Waals surface area contributed by atoms with Gasteiger partial charge in [-0.2, -0.15) is 0 Å². The van der Waals surface area contributed by atoms with Crippen LogP contribution in [0.2, 0.25) is 0 Å². The summed E-state index contributed by atoms with van der Waals surface area (Å²) < 4.78 is 0. The summed E-state index contributed by atoms with van der Waals surface area (Å²) in [6.45, 7) is 9.45. The Hall–Kier alpha value is -0.120. The third kappa shape index (κ3) is 2.70. The van der Waals surface area contributed by atoms with Crippen molar-refractivity contribution in [2.45, 2.75) is 58.5 Å². The number of rotatable bonds is 2. The lowest BCUT2D eigenvalue weighted by Crippen LogP contribution is -2.56. The second-order valence-corrected chi connectivity index (χ2v) is 8.14. The van der Waals surface area contributed by atoms with E-state index in [0.29, 0.717) is 12.0 Å². The van der Waals surface area contributed by atoms with Crippen molar-refractivity contribution in [2.24, 2.45) is 22.5 Å². The molecule has 0 radical (unpaired) electrons. The molecule has 0 bridgehead atoms. The Labute approximate surface area is 118 Å². The highest BCUT2D eigenvalue weighted by molar-refractivity contribution is 5.06. The second-order valence-electron chi connectivity index (χ2n) is 8.14.